The van der Waals surface area contributed by atoms with E-state index >= 15 is 0 Å². The first-order chi connectivity index (χ1) is 8.19. The molecule has 0 amide bonds. The summed E-state index contributed by atoms with van der Waals surface area (Å²) in [7, 11) is 1.38. The fraction of sp³-hybridized carbons (Fsp3) is 0.417. The summed E-state index contributed by atoms with van der Waals surface area (Å²) in [5.41, 5.74) is 0. The number of hydrogen-bond acceptors (Lipinski definition) is 4. The molecule has 0 bridgehead atoms. The average Bonchev–Trinajstić information content (AvgIpc) is 2.76. The van der Waals surface area contributed by atoms with Crippen molar-refractivity contribution in [3.63, 3.8) is 0 Å². The van der Waals surface area contributed by atoms with Gasteiger partial charge in [-0.15, -0.1) is 0 Å². The van der Waals surface area contributed by atoms with E-state index in [1.165, 1.54) is 7.11 Å². The number of methoxy groups -OCH3 is 1. The Morgan fingerprint density at radius 2 is 2.35 bits per heavy atom. The highest BCUT2D eigenvalue weighted by Crippen LogP contribution is 2.21. The number of rotatable bonds is 3. The van der Waals surface area contributed by atoms with Gasteiger partial charge in [0.25, 0.3) is 0 Å². The maximum atomic E-state index is 11.3. The molecule has 1 N–H and O–H groups in total. The van der Waals surface area contributed by atoms with Crippen molar-refractivity contribution in [2.75, 3.05) is 13.7 Å². The number of carbonyl (C=O) groups is 1. The number of ether oxygens (including phenoxy) is 2. The molecule has 1 fully saturated rings. The van der Waals surface area contributed by atoms with Gasteiger partial charge in [-0.3, -0.25) is 4.79 Å². The minimum Gasteiger partial charge on any atom is -0.489 e. The summed E-state index contributed by atoms with van der Waals surface area (Å²) in [6, 6.07) is 6.95. The molecule has 2 rings (SSSR count). The molecule has 1 aromatic carbocycles. The molecular formula is C12H14ClNO3. The monoisotopic (exact) mass is 255 g/mol. The van der Waals surface area contributed by atoms with Gasteiger partial charge in [0, 0.05) is 18.0 Å². The zero-order valence-electron chi connectivity index (χ0n) is 9.48. The summed E-state index contributed by atoms with van der Waals surface area (Å²) >= 11 is 5.86. The number of esters is 1. The van der Waals surface area contributed by atoms with Crippen LogP contribution in [0.25, 0.3) is 0 Å². The molecule has 0 radical (unpaired) electrons. The van der Waals surface area contributed by atoms with Crippen LogP contribution in [-0.2, 0) is 9.53 Å². The van der Waals surface area contributed by atoms with Gasteiger partial charge in [-0.2, -0.15) is 0 Å². The van der Waals surface area contributed by atoms with Crippen LogP contribution in [-0.4, -0.2) is 31.8 Å². The third-order valence-corrected chi connectivity index (χ3v) is 2.91. The van der Waals surface area contributed by atoms with Gasteiger partial charge >= 0.3 is 5.97 Å². The highest BCUT2D eigenvalue weighted by molar-refractivity contribution is 6.30. The second kappa shape index (κ2) is 5.38. The van der Waals surface area contributed by atoms with Crippen LogP contribution in [0, 0.1) is 0 Å². The molecule has 2 atom stereocenters. The lowest BCUT2D eigenvalue weighted by Crippen LogP contribution is -2.31. The van der Waals surface area contributed by atoms with Gasteiger partial charge in [0.05, 0.1) is 7.11 Å². The van der Waals surface area contributed by atoms with Crippen LogP contribution < -0.4 is 10.1 Å². The van der Waals surface area contributed by atoms with E-state index in [1.807, 2.05) is 12.1 Å². The summed E-state index contributed by atoms with van der Waals surface area (Å²) in [6.07, 6.45) is 0.580. The Morgan fingerprint density at radius 1 is 1.53 bits per heavy atom. The SMILES string of the molecule is COC(=O)[C@@H]1C[C@H](Oc2cccc(Cl)c2)CN1. The molecule has 92 valence electrons. The first-order valence-electron chi connectivity index (χ1n) is 5.42. The summed E-state index contributed by atoms with van der Waals surface area (Å²) in [5.74, 6) is 0.469. The number of benzene rings is 1. The van der Waals surface area contributed by atoms with Crippen molar-refractivity contribution in [2.45, 2.75) is 18.6 Å². The van der Waals surface area contributed by atoms with Crippen LogP contribution in [0.4, 0.5) is 0 Å². The third-order valence-electron chi connectivity index (χ3n) is 2.68. The Hall–Kier alpha value is -1.26. The van der Waals surface area contributed by atoms with Gasteiger partial charge in [0.2, 0.25) is 0 Å². The summed E-state index contributed by atoms with van der Waals surface area (Å²) < 4.78 is 10.4. The van der Waals surface area contributed by atoms with Crippen molar-refractivity contribution in [3.8, 4) is 5.75 Å². The molecule has 1 heterocycles. The Balaban J connectivity index is 1.92. The van der Waals surface area contributed by atoms with E-state index in [2.05, 4.69) is 10.1 Å². The van der Waals surface area contributed by atoms with Crippen LogP contribution in [0.3, 0.4) is 0 Å². The van der Waals surface area contributed by atoms with Gasteiger partial charge in [-0.05, 0) is 18.2 Å². The Bertz CT molecular complexity index is 410. The number of hydrogen-bond donors (Lipinski definition) is 1. The van der Waals surface area contributed by atoms with Crippen molar-refractivity contribution in [2.24, 2.45) is 0 Å². The Morgan fingerprint density at radius 3 is 3.06 bits per heavy atom. The lowest BCUT2D eigenvalue weighted by atomic mass is 10.2. The molecule has 0 aliphatic carbocycles. The van der Waals surface area contributed by atoms with Crippen LogP contribution in [0.1, 0.15) is 6.42 Å². The van der Waals surface area contributed by atoms with Crippen molar-refractivity contribution >= 4 is 17.6 Å². The first kappa shape index (κ1) is 12.2. The van der Waals surface area contributed by atoms with Gasteiger partial charge in [-0.1, -0.05) is 17.7 Å². The predicted molar refractivity (Wildman–Crippen MR) is 64.3 cm³/mol. The van der Waals surface area contributed by atoms with Crippen molar-refractivity contribution < 1.29 is 14.3 Å². The van der Waals surface area contributed by atoms with E-state index in [0.29, 0.717) is 18.0 Å². The van der Waals surface area contributed by atoms with Gasteiger partial charge in [0.15, 0.2) is 0 Å². The molecule has 1 saturated heterocycles. The van der Waals surface area contributed by atoms with Gasteiger partial charge in [-0.25, -0.2) is 0 Å². The van der Waals surface area contributed by atoms with E-state index in [1.54, 1.807) is 12.1 Å². The third kappa shape index (κ3) is 3.11. The largest absolute Gasteiger partial charge is 0.489 e. The fourth-order valence-electron chi connectivity index (χ4n) is 1.85. The summed E-state index contributed by atoms with van der Waals surface area (Å²) in [4.78, 5) is 11.3. The van der Waals surface area contributed by atoms with Gasteiger partial charge in [0.1, 0.15) is 17.9 Å². The van der Waals surface area contributed by atoms with Crippen molar-refractivity contribution in [1.82, 2.24) is 5.32 Å². The van der Waals surface area contributed by atoms with Crippen molar-refractivity contribution in [1.29, 1.82) is 0 Å². The first-order valence-corrected chi connectivity index (χ1v) is 5.80. The zero-order valence-corrected chi connectivity index (χ0v) is 10.2. The molecule has 1 aromatic rings. The molecule has 0 aromatic heterocycles. The zero-order chi connectivity index (χ0) is 12.3. The van der Waals surface area contributed by atoms with E-state index < -0.39 is 0 Å². The minimum atomic E-state index is -0.274. The molecule has 0 saturated carbocycles. The number of nitrogens with one attached hydrogen (secondary N) is 1. The molecule has 1 aliphatic heterocycles. The van der Waals surface area contributed by atoms with Crippen LogP contribution >= 0.6 is 11.6 Å². The molecule has 4 nitrogen and oxygen atoms in total. The van der Waals surface area contributed by atoms with Gasteiger partial charge < -0.3 is 14.8 Å². The highest BCUT2D eigenvalue weighted by atomic mass is 35.5. The second-order valence-corrected chi connectivity index (χ2v) is 4.35. The maximum Gasteiger partial charge on any atom is 0.323 e. The number of halogens is 1. The smallest absolute Gasteiger partial charge is 0.323 e. The lowest BCUT2D eigenvalue weighted by molar-refractivity contribution is -0.142. The fourth-order valence-corrected chi connectivity index (χ4v) is 2.03. The van der Waals surface area contributed by atoms with E-state index in [4.69, 9.17) is 16.3 Å². The molecular weight excluding hydrogens is 242 g/mol. The number of carbonyl (C=O) groups excluding carboxylic acids is 1. The van der Waals surface area contributed by atoms with E-state index in [9.17, 15) is 4.79 Å². The molecule has 17 heavy (non-hydrogen) atoms. The second-order valence-electron chi connectivity index (χ2n) is 3.92. The van der Waals surface area contributed by atoms with Crippen LogP contribution in [0.2, 0.25) is 5.02 Å². The molecule has 0 spiro atoms. The summed E-state index contributed by atoms with van der Waals surface area (Å²) in [5, 5.41) is 3.70. The Kier molecular flexibility index (Phi) is 3.86. The minimum absolute atomic E-state index is 0.0300. The normalized spacial score (nSPS) is 23.4. The average molecular weight is 256 g/mol. The topological polar surface area (TPSA) is 47.6 Å². The molecule has 1 aliphatic rings. The Labute approximate surface area is 105 Å². The molecule has 5 heteroatoms. The van der Waals surface area contributed by atoms with Crippen LogP contribution in [0.15, 0.2) is 24.3 Å². The standard InChI is InChI=1S/C12H14ClNO3/c1-16-12(15)11-6-10(7-14-11)17-9-4-2-3-8(13)5-9/h2-5,10-11,14H,6-7H2,1H3/t10-,11-/m0/s1. The van der Waals surface area contributed by atoms with E-state index in [0.717, 1.165) is 5.75 Å². The molecule has 0 unspecified atom stereocenters. The summed E-state index contributed by atoms with van der Waals surface area (Å²) in [6.45, 7) is 0.631. The predicted octanol–water partition coefficient (Wildman–Crippen LogP) is 1.62. The lowest BCUT2D eigenvalue weighted by Gasteiger charge is -2.12. The van der Waals surface area contributed by atoms with Crippen molar-refractivity contribution in [3.05, 3.63) is 29.3 Å². The highest BCUT2D eigenvalue weighted by Gasteiger charge is 2.31. The quantitative estimate of drug-likeness (QED) is 0.834. The van der Waals surface area contributed by atoms with E-state index in [-0.39, 0.29) is 18.1 Å². The maximum absolute atomic E-state index is 11.3. The van der Waals surface area contributed by atoms with Crippen LogP contribution in [0.5, 0.6) is 5.75 Å².